The minimum Gasteiger partial charge on any atom is -0.258 e. The number of nitro benzene ring substituents is 1. The van der Waals surface area contributed by atoms with E-state index in [1.54, 1.807) is 18.3 Å². The molecule has 0 saturated heterocycles. The molecule has 2 aromatic carbocycles. The Hall–Kier alpha value is -3.81. The summed E-state index contributed by atoms with van der Waals surface area (Å²) in [5.74, 6) is 0.471. The fourth-order valence-corrected chi connectivity index (χ4v) is 2.07. The van der Waals surface area contributed by atoms with Gasteiger partial charge in [-0.25, -0.2) is 4.98 Å². The summed E-state index contributed by atoms with van der Waals surface area (Å²) in [6.45, 7) is 0. The average molecular weight is 346 g/mol. The molecule has 8 heteroatoms. The molecule has 0 bridgehead atoms. The molecule has 0 saturated carbocycles. The van der Waals surface area contributed by atoms with Gasteiger partial charge in [0, 0.05) is 23.9 Å². The van der Waals surface area contributed by atoms with Crippen LogP contribution in [-0.2, 0) is 0 Å². The predicted molar refractivity (Wildman–Crippen MR) is 95.5 cm³/mol. The Morgan fingerprint density at radius 2 is 1.54 bits per heavy atom. The van der Waals surface area contributed by atoms with Gasteiger partial charge < -0.3 is 0 Å². The fourth-order valence-electron chi connectivity index (χ4n) is 2.07. The van der Waals surface area contributed by atoms with E-state index in [1.165, 1.54) is 24.3 Å². The lowest BCUT2D eigenvalue weighted by Gasteiger charge is -2.05. The Bertz CT molecular complexity index is 911. The standard InChI is InChI=1S/C18H14N6O2/c25-24(26)16-11-9-15(10-12-16)20-22-18(14-6-2-1-3-7-14)23-21-17-8-4-5-13-19-17/h1-13,18H. The van der Waals surface area contributed by atoms with Crippen LogP contribution in [0.4, 0.5) is 17.2 Å². The number of aromatic nitrogens is 1. The Morgan fingerprint density at radius 1 is 0.846 bits per heavy atom. The summed E-state index contributed by atoms with van der Waals surface area (Å²) in [7, 11) is 0. The van der Waals surface area contributed by atoms with Gasteiger partial charge in [0.25, 0.3) is 5.69 Å². The van der Waals surface area contributed by atoms with E-state index in [4.69, 9.17) is 0 Å². The van der Waals surface area contributed by atoms with Crippen LogP contribution in [0.25, 0.3) is 0 Å². The van der Waals surface area contributed by atoms with E-state index in [0.717, 1.165) is 5.56 Å². The normalized spacial score (nSPS) is 12.5. The number of non-ortho nitro benzene ring substituents is 1. The van der Waals surface area contributed by atoms with Crippen molar-refractivity contribution in [1.29, 1.82) is 0 Å². The highest BCUT2D eigenvalue weighted by molar-refractivity contribution is 5.43. The second-order valence-corrected chi connectivity index (χ2v) is 5.18. The monoisotopic (exact) mass is 346 g/mol. The first-order valence-electron chi connectivity index (χ1n) is 7.74. The molecule has 8 nitrogen and oxygen atoms in total. The van der Waals surface area contributed by atoms with Gasteiger partial charge in [0.15, 0.2) is 5.82 Å². The van der Waals surface area contributed by atoms with Gasteiger partial charge >= 0.3 is 0 Å². The van der Waals surface area contributed by atoms with E-state index in [1.807, 2.05) is 36.4 Å². The maximum atomic E-state index is 10.7. The smallest absolute Gasteiger partial charge is 0.258 e. The summed E-state index contributed by atoms with van der Waals surface area (Å²) in [4.78, 5) is 14.3. The molecule has 3 aromatic rings. The Balaban J connectivity index is 1.83. The SMILES string of the molecule is O=[N+]([O-])c1ccc(N=NC(N=Nc2ccccn2)c2ccccc2)cc1. The third-order valence-electron chi connectivity index (χ3n) is 3.36. The molecular weight excluding hydrogens is 332 g/mol. The number of nitrogens with zero attached hydrogens (tertiary/aromatic N) is 6. The molecule has 1 atom stereocenters. The molecule has 0 fully saturated rings. The Labute approximate surface area is 149 Å². The third-order valence-corrected chi connectivity index (χ3v) is 3.36. The second-order valence-electron chi connectivity index (χ2n) is 5.18. The number of hydrogen-bond acceptors (Lipinski definition) is 7. The lowest BCUT2D eigenvalue weighted by atomic mass is 10.2. The summed E-state index contributed by atoms with van der Waals surface area (Å²) in [6.07, 6.45) is 0.984. The summed E-state index contributed by atoms with van der Waals surface area (Å²) in [5.41, 5.74) is 1.31. The van der Waals surface area contributed by atoms with Gasteiger partial charge in [-0.2, -0.15) is 15.3 Å². The summed E-state index contributed by atoms with van der Waals surface area (Å²) < 4.78 is 0. The van der Waals surface area contributed by atoms with E-state index in [9.17, 15) is 10.1 Å². The summed E-state index contributed by atoms with van der Waals surface area (Å²) in [6, 6.07) is 20.5. The van der Waals surface area contributed by atoms with Gasteiger partial charge in [0.2, 0.25) is 6.17 Å². The highest BCUT2D eigenvalue weighted by Gasteiger charge is 2.09. The van der Waals surface area contributed by atoms with Crippen LogP contribution in [0.15, 0.2) is 99.5 Å². The minimum atomic E-state index is -0.645. The zero-order valence-corrected chi connectivity index (χ0v) is 13.6. The fraction of sp³-hybridized carbons (Fsp3) is 0.0556. The van der Waals surface area contributed by atoms with Crippen LogP contribution in [0.5, 0.6) is 0 Å². The molecule has 0 aliphatic carbocycles. The van der Waals surface area contributed by atoms with Gasteiger partial charge in [-0.05, 0) is 24.3 Å². The third kappa shape index (κ3) is 4.60. The largest absolute Gasteiger partial charge is 0.269 e. The first-order chi connectivity index (χ1) is 12.7. The van der Waals surface area contributed by atoms with E-state index in [0.29, 0.717) is 11.5 Å². The van der Waals surface area contributed by atoms with Gasteiger partial charge in [-0.1, -0.05) is 36.4 Å². The molecular formula is C18H14N6O2. The number of pyridine rings is 1. The van der Waals surface area contributed by atoms with Crippen molar-refractivity contribution >= 4 is 17.2 Å². The maximum Gasteiger partial charge on any atom is 0.269 e. The van der Waals surface area contributed by atoms with Crippen LogP contribution in [0, 0.1) is 10.1 Å². The number of rotatable bonds is 6. The molecule has 1 aromatic heterocycles. The van der Waals surface area contributed by atoms with Crippen LogP contribution in [0.1, 0.15) is 11.7 Å². The quantitative estimate of drug-likeness (QED) is 0.331. The molecule has 0 spiro atoms. The molecule has 26 heavy (non-hydrogen) atoms. The number of azo groups is 2. The minimum absolute atomic E-state index is 0.00148. The number of hydrogen-bond donors (Lipinski definition) is 0. The predicted octanol–water partition coefficient (Wildman–Crippen LogP) is 5.56. The molecule has 1 unspecified atom stereocenters. The molecule has 0 radical (unpaired) electrons. The molecule has 0 amide bonds. The van der Waals surface area contributed by atoms with Gasteiger partial charge in [0.05, 0.1) is 10.6 Å². The molecule has 128 valence electrons. The lowest BCUT2D eigenvalue weighted by Crippen LogP contribution is -1.90. The zero-order valence-electron chi connectivity index (χ0n) is 13.6. The molecule has 0 N–H and O–H groups in total. The topological polar surface area (TPSA) is 105 Å². The highest BCUT2D eigenvalue weighted by Crippen LogP contribution is 2.25. The molecule has 3 rings (SSSR count). The van der Waals surface area contributed by atoms with Crippen molar-refractivity contribution in [3.05, 3.63) is 94.7 Å². The van der Waals surface area contributed by atoms with Crippen molar-refractivity contribution < 1.29 is 4.92 Å². The van der Waals surface area contributed by atoms with Crippen LogP contribution in [0.2, 0.25) is 0 Å². The summed E-state index contributed by atoms with van der Waals surface area (Å²) >= 11 is 0. The van der Waals surface area contributed by atoms with Crippen molar-refractivity contribution in [2.24, 2.45) is 20.5 Å². The Morgan fingerprint density at radius 3 is 2.19 bits per heavy atom. The van der Waals surface area contributed by atoms with Gasteiger partial charge in [-0.3, -0.25) is 10.1 Å². The van der Waals surface area contributed by atoms with Gasteiger partial charge in [0.1, 0.15) is 0 Å². The Kier molecular flexibility index (Phi) is 5.46. The first kappa shape index (κ1) is 17.0. The second kappa shape index (κ2) is 8.34. The van der Waals surface area contributed by atoms with Crippen molar-refractivity contribution in [1.82, 2.24) is 4.98 Å². The van der Waals surface area contributed by atoms with Crippen molar-refractivity contribution in [3.8, 4) is 0 Å². The van der Waals surface area contributed by atoms with Crippen LogP contribution in [-0.4, -0.2) is 9.91 Å². The van der Waals surface area contributed by atoms with Crippen LogP contribution >= 0.6 is 0 Å². The average Bonchev–Trinajstić information content (AvgIpc) is 2.70. The van der Waals surface area contributed by atoms with E-state index < -0.39 is 11.1 Å². The zero-order chi connectivity index (χ0) is 18.2. The number of benzene rings is 2. The number of nitro groups is 1. The maximum absolute atomic E-state index is 10.7. The van der Waals surface area contributed by atoms with Crippen LogP contribution in [0.3, 0.4) is 0 Å². The molecule has 1 heterocycles. The van der Waals surface area contributed by atoms with E-state index in [2.05, 4.69) is 25.4 Å². The summed E-state index contributed by atoms with van der Waals surface area (Å²) in [5, 5.41) is 27.4. The van der Waals surface area contributed by atoms with Crippen LogP contribution < -0.4 is 0 Å². The van der Waals surface area contributed by atoms with Crippen molar-refractivity contribution in [3.63, 3.8) is 0 Å². The lowest BCUT2D eigenvalue weighted by molar-refractivity contribution is -0.384. The molecule has 0 aliphatic heterocycles. The van der Waals surface area contributed by atoms with Gasteiger partial charge in [-0.15, -0.1) is 5.11 Å². The highest BCUT2D eigenvalue weighted by atomic mass is 16.6. The molecule has 0 aliphatic rings. The van der Waals surface area contributed by atoms with Crippen molar-refractivity contribution in [2.45, 2.75) is 6.17 Å². The van der Waals surface area contributed by atoms with E-state index >= 15 is 0 Å². The van der Waals surface area contributed by atoms with E-state index in [-0.39, 0.29) is 5.69 Å². The van der Waals surface area contributed by atoms with Crippen molar-refractivity contribution in [2.75, 3.05) is 0 Å². The first-order valence-corrected chi connectivity index (χ1v) is 7.74.